The topological polar surface area (TPSA) is 83.7 Å². The van der Waals surface area contributed by atoms with Crippen molar-refractivity contribution in [2.45, 2.75) is 49.3 Å². The molecule has 1 aromatic heterocycles. The Bertz CT molecular complexity index is 1220. The molecule has 0 atom stereocenters. The third kappa shape index (κ3) is 4.54. The minimum absolute atomic E-state index is 0.0667. The van der Waals surface area contributed by atoms with Crippen LogP contribution in [0.1, 0.15) is 49.3 Å². The second kappa shape index (κ2) is 9.27. The maximum absolute atomic E-state index is 13.2. The Balaban J connectivity index is 1.20. The van der Waals surface area contributed by atoms with E-state index in [1.54, 1.807) is 17.0 Å². The first kappa shape index (κ1) is 22.1. The third-order valence-electron chi connectivity index (χ3n) is 6.96. The van der Waals surface area contributed by atoms with E-state index in [4.69, 9.17) is 4.52 Å². The van der Waals surface area contributed by atoms with Crippen molar-refractivity contribution in [3.05, 3.63) is 59.8 Å². The molecule has 7 nitrogen and oxygen atoms in total. The lowest BCUT2D eigenvalue weighted by Gasteiger charge is -2.34. The molecule has 0 N–H and O–H groups in total. The number of aromatic nitrogens is 1. The van der Waals surface area contributed by atoms with Gasteiger partial charge in [0, 0.05) is 31.6 Å². The Kier molecular flexibility index (Phi) is 6.21. The molecule has 2 aliphatic rings. The zero-order valence-electron chi connectivity index (χ0n) is 18.7. The van der Waals surface area contributed by atoms with Crippen LogP contribution in [0.5, 0.6) is 0 Å². The second-order valence-corrected chi connectivity index (χ2v) is 10.9. The minimum atomic E-state index is -3.57. The monoisotopic (exact) mass is 467 g/mol. The maximum Gasteiger partial charge on any atom is 0.243 e. The lowest BCUT2D eigenvalue weighted by atomic mass is 9.84. The van der Waals surface area contributed by atoms with Crippen molar-refractivity contribution >= 4 is 26.9 Å². The number of amides is 1. The molecule has 2 aromatic carbocycles. The SMILES string of the molecule is O=C(Cc1noc2ccccc12)N1CCN(S(=O)(=O)c2ccc(C3CCCCC3)cc2)CC1. The van der Waals surface area contributed by atoms with E-state index in [0.29, 0.717) is 35.2 Å². The van der Waals surface area contributed by atoms with Gasteiger partial charge >= 0.3 is 0 Å². The van der Waals surface area contributed by atoms with E-state index in [9.17, 15) is 13.2 Å². The number of nitrogens with zero attached hydrogens (tertiary/aromatic N) is 3. The van der Waals surface area contributed by atoms with Crippen LogP contribution in [0.4, 0.5) is 0 Å². The van der Waals surface area contributed by atoms with Crippen molar-refractivity contribution in [1.82, 2.24) is 14.4 Å². The van der Waals surface area contributed by atoms with Crippen LogP contribution in [0.15, 0.2) is 57.9 Å². The number of carbonyl (C=O) groups is 1. The molecule has 174 valence electrons. The maximum atomic E-state index is 13.2. The fraction of sp³-hybridized carbons (Fsp3) is 0.440. The molecule has 0 unspecified atom stereocenters. The summed E-state index contributed by atoms with van der Waals surface area (Å²) in [5.41, 5.74) is 2.51. The summed E-state index contributed by atoms with van der Waals surface area (Å²) in [4.78, 5) is 14.8. The molecule has 3 aromatic rings. The summed E-state index contributed by atoms with van der Waals surface area (Å²) in [6, 6.07) is 14.9. The van der Waals surface area contributed by atoms with Crippen molar-refractivity contribution in [3.63, 3.8) is 0 Å². The zero-order chi connectivity index (χ0) is 22.8. The number of fused-ring (bicyclic) bond motifs is 1. The highest BCUT2D eigenvalue weighted by Crippen LogP contribution is 2.33. The normalized spacial score (nSPS) is 18.6. The van der Waals surface area contributed by atoms with Gasteiger partial charge in [-0.1, -0.05) is 48.7 Å². The molecule has 8 heteroatoms. The lowest BCUT2D eigenvalue weighted by molar-refractivity contribution is -0.131. The van der Waals surface area contributed by atoms with Gasteiger partial charge in [0.1, 0.15) is 5.69 Å². The molecule has 2 fully saturated rings. The highest BCUT2D eigenvalue weighted by molar-refractivity contribution is 7.89. The molecule has 5 rings (SSSR count). The van der Waals surface area contributed by atoms with Gasteiger partial charge in [0.25, 0.3) is 0 Å². The predicted octanol–water partition coefficient (Wildman–Crippen LogP) is 3.95. The van der Waals surface area contributed by atoms with Gasteiger partial charge in [-0.2, -0.15) is 4.31 Å². The number of para-hydroxylation sites is 1. The highest BCUT2D eigenvalue weighted by atomic mass is 32.2. The van der Waals surface area contributed by atoms with Gasteiger partial charge in [-0.25, -0.2) is 8.42 Å². The average molecular weight is 468 g/mol. The number of hydrogen-bond acceptors (Lipinski definition) is 5. The van der Waals surface area contributed by atoms with Crippen molar-refractivity contribution < 1.29 is 17.7 Å². The highest BCUT2D eigenvalue weighted by Gasteiger charge is 2.30. The summed E-state index contributed by atoms with van der Waals surface area (Å²) < 4.78 is 33.1. The molecule has 0 radical (unpaired) electrons. The molecular formula is C25H29N3O4S. The minimum Gasteiger partial charge on any atom is -0.356 e. The number of carbonyl (C=O) groups excluding carboxylic acids is 1. The third-order valence-corrected chi connectivity index (χ3v) is 8.87. The largest absolute Gasteiger partial charge is 0.356 e. The molecule has 2 heterocycles. The number of piperazine rings is 1. The van der Waals surface area contributed by atoms with Crippen LogP contribution >= 0.6 is 0 Å². The van der Waals surface area contributed by atoms with E-state index in [0.717, 1.165) is 5.39 Å². The molecule has 1 amide bonds. The second-order valence-electron chi connectivity index (χ2n) is 8.99. The molecule has 33 heavy (non-hydrogen) atoms. The van der Waals surface area contributed by atoms with Gasteiger partial charge in [-0.15, -0.1) is 0 Å². The summed E-state index contributed by atoms with van der Waals surface area (Å²) in [6.07, 6.45) is 6.32. The van der Waals surface area contributed by atoms with Crippen molar-refractivity contribution in [2.24, 2.45) is 0 Å². The van der Waals surface area contributed by atoms with Crippen LogP contribution in [-0.4, -0.2) is 54.9 Å². The Labute approximate surface area is 194 Å². The lowest BCUT2D eigenvalue weighted by Crippen LogP contribution is -2.50. The Hall–Kier alpha value is -2.71. The molecule has 1 saturated heterocycles. The van der Waals surface area contributed by atoms with Crippen LogP contribution in [0.2, 0.25) is 0 Å². The number of sulfonamides is 1. The summed E-state index contributed by atoms with van der Waals surface area (Å²) in [5, 5.41) is 4.87. The fourth-order valence-electron chi connectivity index (χ4n) is 5.00. The van der Waals surface area contributed by atoms with E-state index in [1.807, 2.05) is 36.4 Å². The molecule has 0 bridgehead atoms. The van der Waals surface area contributed by atoms with E-state index >= 15 is 0 Å². The smallest absolute Gasteiger partial charge is 0.243 e. The molecule has 1 saturated carbocycles. The standard InChI is InChI=1S/C25H29N3O4S/c29-25(18-23-22-8-4-5-9-24(22)32-26-23)27-14-16-28(17-15-27)33(30,31)21-12-10-20(11-13-21)19-6-2-1-3-7-19/h4-5,8-13,19H,1-3,6-7,14-18H2. The van der Waals surface area contributed by atoms with Gasteiger partial charge in [-0.3, -0.25) is 4.79 Å². The van der Waals surface area contributed by atoms with E-state index < -0.39 is 10.0 Å². The van der Waals surface area contributed by atoms with Crippen molar-refractivity contribution in [1.29, 1.82) is 0 Å². The molecule has 0 spiro atoms. The molecule has 1 aliphatic carbocycles. The van der Waals surface area contributed by atoms with E-state index in [1.165, 1.54) is 42.0 Å². The Morgan fingerprint density at radius 3 is 2.36 bits per heavy atom. The Morgan fingerprint density at radius 2 is 1.64 bits per heavy atom. The average Bonchev–Trinajstić information content (AvgIpc) is 3.27. The van der Waals surface area contributed by atoms with Gasteiger partial charge < -0.3 is 9.42 Å². The number of hydrogen-bond donors (Lipinski definition) is 0. The van der Waals surface area contributed by atoms with Crippen LogP contribution in [0, 0.1) is 0 Å². The van der Waals surface area contributed by atoms with Gasteiger partial charge in [0.15, 0.2) is 5.58 Å². The molecular weight excluding hydrogens is 438 g/mol. The predicted molar refractivity (Wildman–Crippen MR) is 125 cm³/mol. The van der Waals surface area contributed by atoms with Gasteiger partial charge in [0.05, 0.1) is 11.3 Å². The van der Waals surface area contributed by atoms with Crippen LogP contribution in [-0.2, 0) is 21.2 Å². The van der Waals surface area contributed by atoms with Crippen molar-refractivity contribution in [2.75, 3.05) is 26.2 Å². The number of rotatable bonds is 5. The summed E-state index contributed by atoms with van der Waals surface area (Å²) in [6.45, 7) is 1.32. The summed E-state index contributed by atoms with van der Waals surface area (Å²) >= 11 is 0. The first-order valence-electron chi connectivity index (χ1n) is 11.7. The van der Waals surface area contributed by atoms with Crippen molar-refractivity contribution in [3.8, 4) is 0 Å². The molecule has 1 aliphatic heterocycles. The van der Waals surface area contributed by atoms with Gasteiger partial charge in [-0.05, 0) is 48.6 Å². The zero-order valence-corrected chi connectivity index (χ0v) is 19.5. The number of benzene rings is 2. The van der Waals surface area contributed by atoms with E-state index in [-0.39, 0.29) is 25.4 Å². The fourth-order valence-corrected chi connectivity index (χ4v) is 6.42. The van der Waals surface area contributed by atoms with Crippen LogP contribution < -0.4 is 0 Å². The van der Waals surface area contributed by atoms with E-state index in [2.05, 4.69) is 5.16 Å². The Morgan fingerprint density at radius 1 is 0.939 bits per heavy atom. The van der Waals surface area contributed by atoms with Gasteiger partial charge in [0.2, 0.25) is 15.9 Å². The first-order chi connectivity index (χ1) is 16.0. The van der Waals surface area contributed by atoms with Crippen LogP contribution in [0.3, 0.4) is 0 Å². The first-order valence-corrected chi connectivity index (χ1v) is 13.2. The van der Waals surface area contributed by atoms with Crippen LogP contribution in [0.25, 0.3) is 11.0 Å². The summed E-state index contributed by atoms with van der Waals surface area (Å²) in [5.74, 6) is 0.481. The summed E-state index contributed by atoms with van der Waals surface area (Å²) in [7, 11) is -3.57. The quantitative estimate of drug-likeness (QED) is 0.567.